The Labute approximate surface area is 178 Å². The Bertz CT molecular complexity index is 892. The SMILES string of the molecule is Cc1ccc(S(=O)(=O)OCCOc2ccc(NC(=O)CCOCC(C)C)cc2)cc1. The Kier molecular flexibility index (Phi) is 9.29. The van der Waals surface area contributed by atoms with Gasteiger partial charge in [-0.25, -0.2) is 0 Å². The van der Waals surface area contributed by atoms with Gasteiger partial charge in [0.15, 0.2) is 0 Å². The van der Waals surface area contributed by atoms with Crippen molar-refractivity contribution < 1.29 is 26.9 Å². The molecule has 0 aliphatic carbocycles. The van der Waals surface area contributed by atoms with Crippen molar-refractivity contribution in [3.05, 3.63) is 54.1 Å². The fourth-order valence-electron chi connectivity index (χ4n) is 2.42. The molecule has 0 saturated heterocycles. The van der Waals surface area contributed by atoms with Crippen LogP contribution in [0, 0.1) is 12.8 Å². The van der Waals surface area contributed by atoms with E-state index in [1.165, 1.54) is 12.1 Å². The highest BCUT2D eigenvalue weighted by molar-refractivity contribution is 7.86. The summed E-state index contributed by atoms with van der Waals surface area (Å²) in [5.41, 5.74) is 1.62. The van der Waals surface area contributed by atoms with Crippen molar-refractivity contribution in [1.82, 2.24) is 0 Å². The Hall–Kier alpha value is -2.42. The van der Waals surface area contributed by atoms with E-state index in [-0.39, 0.29) is 30.4 Å². The highest BCUT2D eigenvalue weighted by atomic mass is 32.2. The third-order valence-electron chi connectivity index (χ3n) is 3.96. The van der Waals surface area contributed by atoms with Gasteiger partial charge in [-0.05, 0) is 49.2 Å². The van der Waals surface area contributed by atoms with Gasteiger partial charge in [0.2, 0.25) is 5.91 Å². The topological polar surface area (TPSA) is 90.9 Å². The molecule has 8 heteroatoms. The van der Waals surface area contributed by atoms with Crippen LogP contribution in [0.2, 0.25) is 0 Å². The number of amides is 1. The molecule has 0 heterocycles. The molecule has 0 radical (unpaired) electrons. The van der Waals surface area contributed by atoms with Crippen molar-refractivity contribution in [2.24, 2.45) is 5.92 Å². The zero-order chi connectivity index (χ0) is 22.0. The zero-order valence-corrected chi connectivity index (χ0v) is 18.4. The van der Waals surface area contributed by atoms with Crippen LogP contribution in [-0.2, 0) is 23.8 Å². The normalized spacial score (nSPS) is 11.5. The highest BCUT2D eigenvalue weighted by Gasteiger charge is 2.14. The number of benzene rings is 2. The molecule has 2 rings (SSSR count). The fourth-order valence-corrected chi connectivity index (χ4v) is 3.31. The van der Waals surface area contributed by atoms with Gasteiger partial charge in [-0.3, -0.25) is 8.98 Å². The molecule has 30 heavy (non-hydrogen) atoms. The summed E-state index contributed by atoms with van der Waals surface area (Å²) in [5, 5.41) is 2.79. The monoisotopic (exact) mass is 435 g/mol. The van der Waals surface area contributed by atoms with Crippen molar-refractivity contribution in [3.8, 4) is 5.75 Å². The van der Waals surface area contributed by atoms with Crippen LogP contribution in [0.5, 0.6) is 5.75 Å². The van der Waals surface area contributed by atoms with E-state index >= 15 is 0 Å². The molecule has 0 spiro atoms. The lowest BCUT2D eigenvalue weighted by Crippen LogP contribution is -2.15. The molecule has 0 saturated carbocycles. The number of hydrogen-bond acceptors (Lipinski definition) is 6. The molecule has 1 amide bonds. The maximum absolute atomic E-state index is 12.1. The number of carbonyl (C=O) groups is 1. The van der Waals surface area contributed by atoms with E-state index in [0.29, 0.717) is 30.6 Å². The number of ether oxygens (including phenoxy) is 2. The first kappa shape index (κ1) is 23.9. The van der Waals surface area contributed by atoms with Crippen LogP contribution in [0.3, 0.4) is 0 Å². The summed E-state index contributed by atoms with van der Waals surface area (Å²) < 4.78 is 40.1. The number of carbonyl (C=O) groups excluding carboxylic acids is 1. The number of hydrogen-bond donors (Lipinski definition) is 1. The van der Waals surface area contributed by atoms with E-state index in [1.807, 2.05) is 6.92 Å². The lowest BCUT2D eigenvalue weighted by atomic mass is 10.2. The van der Waals surface area contributed by atoms with Crippen LogP contribution in [0.4, 0.5) is 5.69 Å². The third-order valence-corrected chi connectivity index (χ3v) is 5.29. The fraction of sp³-hybridized carbons (Fsp3) is 0.409. The Balaban J connectivity index is 1.70. The molecule has 0 aromatic heterocycles. The largest absolute Gasteiger partial charge is 0.491 e. The second-order valence-electron chi connectivity index (χ2n) is 7.23. The highest BCUT2D eigenvalue weighted by Crippen LogP contribution is 2.17. The molecule has 164 valence electrons. The van der Waals surface area contributed by atoms with Crippen molar-refractivity contribution in [1.29, 1.82) is 0 Å². The van der Waals surface area contributed by atoms with Crippen LogP contribution in [0.25, 0.3) is 0 Å². The first-order chi connectivity index (χ1) is 14.3. The third kappa shape index (κ3) is 8.52. The quantitative estimate of drug-likeness (QED) is 0.403. The molecule has 0 unspecified atom stereocenters. The van der Waals surface area contributed by atoms with Gasteiger partial charge in [-0.15, -0.1) is 0 Å². The molecule has 2 aromatic rings. The van der Waals surface area contributed by atoms with Crippen molar-refractivity contribution >= 4 is 21.7 Å². The second kappa shape index (κ2) is 11.7. The summed E-state index contributed by atoms with van der Waals surface area (Å²) >= 11 is 0. The van der Waals surface area contributed by atoms with Crippen LogP contribution in [-0.4, -0.2) is 40.8 Å². The van der Waals surface area contributed by atoms with E-state index in [0.717, 1.165) is 5.56 Å². The number of nitrogens with one attached hydrogen (secondary N) is 1. The average molecular weight is 436 g/mol. The molecule has 0 bridgehead atoms. The predicted octanol–water partition coefficient (Wildman–Crippen LogP) is 3.78. The second-order valence-corrected chi connectivity index (χ2v) is 8.84. The van der Waals surface area contributed by atoms with E-state index in [9.17, 15) is 13.2 Å². The minimum absolute atomic E-state index is 0.0734. The Morgan fingerprint density at radius 1 is 0.967 bits per heavy atom. The number of aryl methyl sites for hydroxylation is 1. The van der Waals surface area contributed by atoms with Gasteiger partial charge < -0.3 is 14.8 Å². The van der Waals surface area contributed by atoms with Gasteiger partial charge in [0.1, 0.15) is 19.0 Å². The van der Waals surface area contributed by atoms with Crippen molar-refractivity contribution in [2.45, 2.75) is 32.1 Å². The summed E-state index contributed by atoms with van der Waals surface area (Å²) in [6.45, 7) is 6.98. The summed E-state index contributed by atoms with van der Waals surface area (Å²) in [7, 11) is -3.80. The predicted molar refractivity (Wildman–Crippen MR) is 115 cm³/mol. The summed E-state index contributed by atoms with van der Waals surface area (Å²) in [5.74, 6) is 0.862. The molecular formula is C22H29NO6S. The average Bonchev–Trinajstić information content (AvgIpc) is 2.70. The van der Waals surface area contributed by atoms with Crippen LogP contribution >= 0.6 is 0 Å². The smallest absolute Gasteiger partial charge is 0.297 e. The van der Waals surface area contributed by atoms with E-state index in [1.54, 1.807) is 36.4 Å². The Morgan fingerprint density at radius 2 is 1.63 bits per heavy atom. The maximum Gasteiger partial charge on any atom is 0.297 e. The molecule has 0 aliphatic rings. The van der Waals surface area contributed by atoms with Crippen LogP contribution < -0.4 is 10.1 Å². The lowest BCUT2D eigenvalue weighted by molar-refractivity contribution is -0.117. The molecule has 1 N–H and O–H groups in total. The molecule has 0 fully saturated rings. The van der Waals surface area contributed by atoms with Gasteiger partial charge in [0.25, 0.3) is 10.1 Å². The molecule has 7 nitrogen and oxygen atoms in total. The van der Waals surface area contributed by atoms with Gasteiger partial charge >= 0.3 is 0 Å². The first-order valence-electron chi connectivity index (χ1n) is 9.83. The van der Waals surface area contributed by atoms with Crippen LogP contribution in [0.1, 0.15) is 25.8 Å². The molecular weight excluding hydrogens is 406 g/mol. The maximum atomic E-state index is 12.1. The zero-order valence-electron chi connectivity index (χ0n) is 17.6. The number of rotatable bonds is 12. The number of anilines is 1. The standard InChI is InChI=1S/C22H29NO6S/c1-17(2)16-27-13-12-22(24)23-19-6-8-20(9-7-19)28-14-15-29-30(25,26)21-10-4-18(3)5-11-21/h4-11,17H,12-16H2,1-3H3,(H,23,24). The van der Waals surface area contributed by atoms with Crippen molar-refractivity contribution in [3.63, 3.8) is 0 Å². The van der Waals surface area contributed by atoms with Gasteiger partial charge in [0.05, 0.1) is 17.9 Å². The molecule has 0 aliphatic heterocycles. The molecule has 2 aromatic carbocycles. The van der Waals surface area contributed by atoms with Gasteiger partial charge in [0, 0.05) is 12.3 Å². The van der Waals surface area contributed by atoms with Crippen LogP contribution in [0.15, 0.2) is 53.4 Å². The van der Waals surface area contributed by atoms with Crippen molar-refractivity contribution in [2.75, 3.05) is 31.7 Å². The van der Waals surface area contributed by atoms with Gasteiger partial charge in [-0.1, -0.05) is 31.5 Å². The lowest BCUT2D eigenvalue weighted by Gasteiger charge is -2.10. The van der Waals surface area contributed by atoms with E-state index in [2.05, 4.69) is 19.2 Å². The summed E-state index contributed by atoms with van der Waals surface area (Å²) in [6, 6.07) is 13.3. The minimum Gasteiger partial charge on any atom is -0.491 e. The first-order valence-corrected chi connectivity index (χ1v) is 11.2. The summed E-state index contributed by atoms with van der Waals surface area (Å²) in [6.07, 6.45) is 0.289. The minimum atomic E-state index is -3.80. The van der Waals surface area contributed by atoms with E-state index in [4.69, 9.17) is 13.7 Å². The Morgan fingerprint density at radius 3 is 2.27 bits per heavy atom. The molecule has 0 atom stereocenters. The summed E-state index contributed by atoms with van der Waals surface area (Å²) in [4.78, 5) is 12.0. The van der Waals surface area contributed by atoms with Gasteiger partial charge in [-0.2, -0.15) is 8.42 Å². The van der Waals surface area contributed by atoms with E-state index < -0.39 is 10.1 Å².